The van der Waals surface area contributed by atoms with Gasteiger partial charge in [-0.1, -0.05) is 6.07 Å². The smallest absolute Gasteiger partial charge is 0.224 e. The van der Waals surface area contributed by atoms with Crippen LogP contribution in [-0.4, -0.2) is 49.8 Å². The predicted octanol–water partition coefficient (Wildman–Crippen LogP) is 3.46. The molecule has 9 heteroatoms. The molecule has 170 valence electrons. The second-order valence-corrected chi connectivity index (χ2v) is 8.38. The summed E-state index contributed by atoms with van der Waals surface area (Å²) in [6, 6.07) is 10.5. The number of carbonyl (C=O) groups is 1. The van der Waals surface area contributed by atoms with Crippen LogP contribution in [0.1, 0.15) is 13.8 Å². The number of fused-ring (bicyclic) bond motifs is 2. The Hall–Kier alpha value is -3.72. The zero-order valence-corrected chi connectivity index (χ0v) is 18.7. The number of carbonyl (C=O) groups excluding carboxylic acids is 1. The Morgan fingerprint density at radius 2 is 2.00 bits per heavy atom. The highest BCUT2D eigenvalue weighted by Crippen LogP contribution is 2.43. The van der Waals surface area contributed by atoms with Gasteiger partial charge in [0.1, 0.15) is 5.82 Å². The van der Waals surface area contributed by atoms with Crippen LogP contribution in [0.3, 0.4) is 0 Å². The molecule has 0 saturated carbocycles. The summed E-state index contributed by atoms with van der Waals surface area (Å²) in [5.41, 5.74) is 4.25. The molecule has 0 bridgehead atoms. The number of aliphatic hydroxyl groups excluding tert-OH is 1. The van der Waals surface area contributed by atoms with E-state index in [0.29, 0.717) is 24.3 Å². The molecule has 5 rings (SSSR count). The summed E-state index contributed by atoms with van der Waals surface area (Å²) in [5, 5.41) is 18.9. The molecule has 3 heterocycles. The molecule has 1 amide bonds. The van der Waals surface area contributed by atoms with Crippen molar-refractivity contribution in [2.75, 3.05) is 23.0 Å². The Bertz CT molecular complexity index is 1360. The molecule has 0 fully saturated rings. The van der Waals surface area contributed by atoms with E-state index >= 15 is 0 Å². The van der Waals surface area contributed by atoms with Gasteiger partial charge in [-0.15, -0.1) is 0 Å². The number of benzene rings is 2. The molecule has 0 radical (unpaired) electrons. The van der Waals surface area contributed by atoms with Crippen molar-refractivity contribution >= 4 is 34.0 Å². The van der Waals surface area contributed by atoms with E-state index in [2.05, 4.69) is 10.00 Å². The van der Waals surface area contributed by atoms with Crippen LogP contribution in [0.15, 0.2) is 48.8 Å². The molecule has 2 aromatic heterocycles. The van der Waals surface area contributed by atoms with E-state index in [-0.39, 0.29) is 24.4 Å². The summed E-state index contributed by atoms with van der Waals surface area (Å²) in [7, 11) is 1.84. The van der Waals surface area contributed by atoms with Crippen molar-refractivity contribution in [1.29, 1.82) is 0 Å². The van der Waals surface area contributed by atoms with Crippen LogP contribution in [0.5, 0.6) is 0 Å². The number of halogens is 1. The number of hydrogen-bond donors (Lipinski definition) is 1. The first-order valence-corrected chi connectivity index (χ1v) is 10.8. The number of aliphatic hydroxyl groups is 1. The fourth-order valence-electron chi connectivity index (χ4n) is 4.64. The van der Waals surface area contributed by atoms with Gasteiger partial charge in [0.25, 0.3) is 0 Å². The second kappa shape index (κ2) is 8.00. The molecule has 2 aromatic carbocycles. The van der Waals surface area contributed by atoms with Crippen LogP contribution in [-0.2, 0) is 18.4 Å². The number of amides is 1. The van der Waals surface area contributed by atoms with E-state index in [1.54, 1.807) is 33.5 Å². The lowest BCUT2D eigenvalue weighted by molar-refractivity contribution is -0.117. The van der Waals surface area contributed by atoms with Gasteiger partial charge in [-0.25, -0.2) is 4.39 Å². The summed E-state index contributed by atoms with van der Waals surface area (Å²) in [4.78, 5) is 16.4. The van der Waals surface area contributed by atoms with Crippen molar-refractivity contribution in [2.24, 2.45) is 7.05 Å². The highest BCUT2D eigenvalue weighted by atomic mass is 19.1. The second-order valence-electron chi connectivity index (χ2n) is 8.38. The lowest BCUT2D eigenvalue weighted by Crippen LogP contribution is -2.48. The molecule has 0 aliphatic carbocycles. The van der Waals surface area contributed by atoms with E-state index in [0.717, 1.165) is 28.0 Å². The molecular formula is C24H25FN6O2. The van der Waals surface area contributed by atoms with E-state index in [1.165, 1.54) is 12.1 Å². The maximum Gasteiger partial charge on any atom is 0.224 e. The zero-order chi connectivity index (χ0) is 23.3. The summed E-state index contributed by atoms with van der Waals surface area (Å²) in [5.74, 6) is 0.290. The minimum absolute atomic E-state index is 0.00779. The van der Waals surface area contributed by atoms with Crippen molar-refractivity contribution in [3.8, 4) is 11.1 Å². The Labute approximate surface area is 190 Å². The van der Waals surface area contributed by atoms with Crippen molar-refractivity contribution in [2.45, 2.75) is 26.4 Å². The number of rotatable bonds is 4. The Morgan fingerprint density at radius 1 is 1.18 bits per heavy atom. The van der Waals surface area contributed by atoms with Gasteiger partial charge < -0.3 is 14.9 Å². The molecule has 1 N–H and O–H groups in total. The Kier molecular flexibility index (Phi) is 5.13. The number of aryl methyl sites for hydroxylation is 1. The largest absolute Gasteiger partial charge is 0.394 e. The van der Waals surface area contributed by atoms with Crippen LogP contribution < -0.4 is 9.80 Å². The summed E-state index contributed by atoms with van der Waals surface area (Å²) < 4.78 is 17.6. The van der Waals surface area contributed by atoms with Gasteiger partial charge in [0.2, 0.25) is 5.91 Å². The average molecular weight is 449 g/mol. The normalized spacial score (nSPS) is 15.8. The van der Waals surface area contributed by atoms with Gasteiger partial charge in [0.15, 0.2) is 5.82 Å². The molecule has 8 nitrogen and oxygen atoms in total. The topological polar surface area (TPSA) is 79.4 Å². The minimum atomic E-state index is -0.322. The molecular weight excluding hydrogens is 423 g/mol. The minimum Gasteiger partial charge on any atom is -0.394 e. The standard InChI is InChI=1S/C24H25FN6O2/c1-15-13-30(24-20-11-19(25)5-7-21(20)28(3)27-24)23-10-17(4-6-22(23)31(15)16(2)33)18-12-26-29(14-18)8-9-32/h4-7,10-12,14-15,32H,8-9,13H2,1-3H3. The molecule has 1 aliphatic rings. The van der Waals surface area contributed by atoms with Gasteiger partial charge in [-0.2, -0.15) is 10.2 Å². The van der Waals surface area contributed by atoms with Crippen molar-refractivity contribution in [3.63, 3.8) is 0 Å². The van der Waals surface area contributed by atoms with E-state index in [1.807, 2.05) is 38.4 Å². The third kappa shape index (κ3) is 3.54. The van der Waals surface area contributed by atoms with Crippen LogP contribution in [0.2, 0.25) is 0 Å². The van der Waals surface area contributed by atoms with Gasteiger partial charge in [-0.05, 0) is 42.8 Å². The third-order valence-corrected chi connectivity index (χ3v) is 6.10. The summed E-state index contributed by atoms with van der Waals surface area (Å²) >= 11 is 0. The molecule has 4 aromatic rings. The first-order valence-electron chi connectivity index (χ1n) is 10.8. The SMILES string of the molecule is CC(=O)N1c2ccc(-c3cnn(CCO)c3)cc2N(c2nn(C)c3ccc(F)cc23)CC1C. The summed E-state index contributed by atoms with van der Waals surface area (Å²) in [6.07, 6.45) is 3.63. The predicted molar refractivity (Wildman–Crippen MR) is 125 cm³/mol. The first kappa shape index (κ1) is 21.1. The fraction of sp³-hybridized carbons (Fsp3) is 0.292. The van der Waals surface area contributed by atoms with Gasteiger partial charge in [-0.3, -0.25) is 14.2 Å². The van der Waals surface area contributed by atoms with Crippen LogP contribution in [0.4, 0.5) is 21.6 Å². The molecule has 1 unspecified atom stereocenters. The first-order chi connectivity index (χ1) is 15.9. The van der Waals surface area contributed by atoms with E-state index < -0.39 is 0 Å². The maximum atomic E-state index is 14.1. The highest BCUT2D eigenvalue weighted by molar-refractivity contribution is 6.01. The van der Waals surface area contributed by atoms with Crippen molar-refractivity contribution in [1.82, 2.24) is 19.6 Å². The van der Waals surface area contributed by atoms with E-state index in [9.17, 15) is 14.3 Å². The zero-order valence-electron chi connectivity index (χ0n) is 18.7. The number of aromatic nitrogens is 4. The van der Waals surface area contributed by atoms with Crippen LogP contribution in [0.25, 0.3) is 22.0 Å². The molecule has 0 spiro atoms. The van der Waals surface area contributed by atoms with Gasteiger partial charge in [0.05, 0.1) is 42.3 Å². The van der Waals surface area contributed by atoms with Crippen molar-refractivity contribution in [3.05, 3.63) is 54.6 Å². The Balaban J connectivity index is 1.69. The number of hydrogen-bond acceptors (Lipinski definition) is 5. The highest BCUT2D eigenvalue weighted by Gasteiger charge is 2.33. The summed E-state index contributed by atoms with van der Waals surface area (Å²) in [6.45, 7) is 4.50. The van der Waals surface area contributed by atoms with Crippen LogP contribution >= 0.6 is 0 Å². The lowest BCUT2D eigenvalue weighted by Gasteiger charge is -2.41. The van der Waals surface area contributed by atoms with E-state index in [4.69, 9.17) is 5.10 Å². The number of anilines is 3. The average Bonchev–Trinajstić information content (AvgIpc) is 3.37. The number of nitrogens with zero attached hydrogens (tertiary/aromatic N) is 6. The van der Waals surface area contributed by atoms with Crippen LogP contribution in [0, 0.1) is 5.82 Å². The maximum absolute atomic E-state index is 14.1. The monoisotopic (exact) mass is 448 g/mol. The van der Waals surface area contributed by atoms with Gasteiger partial charge >= 0.3 is 0 Å². The molecule has 1 atom stereocenters. The third-order valence-electron chi connectivity index (χ3n) is 6.10. The van der Waals surface area contributed by atoms with Crippen molar-refractivity contribution < 1.29 is 14.3 Å². The lowest BCUT2D eigenvalue weighted by atomic mass is 10.0. The molecule has 0 saturated heterocycles. The molecule has 33 heavy (non-hydrogen) atoms. The fourth-order valence-corrected chi connectivity index (χ4v) is 4.64. The Morgan fingerprint density at radius 3 is 2.76 bits per heavy atom. The quantitative estimate of drug-likeness (QED) is 0.517. The van der Waals surface area contributed by atoms with Gasteiger partial charge in [0, 0.05) is 37.7 Å². The molecule has 1 aliphatic heterocycles.